The number of hydrogen-bond acceptors (Lipinski definition) is 3. The van der Waals surface area contributed by atoms with Crippen LogP contribution in [0.25, 0.3) is 11.0 Å². The van der Waals surface area contributed by atoms with Crippen molar-refractivity contribution in [1.82, 2.24) is 9.97 Å². The van der Waals surface area contributed by atoms with E-state index in [-0.39, 0.29) is 0 Å². The molecule has 0 saturated heterocycles. The van der Waals surface area contributed by atoms with Gasteiger partial charge in [-0.25, -0.2) is 4.98 Å². The topological polar surface area (TPSA) is 62.0 Å². The molecule has 3 aromatic rings. The number of aliphatic hydroxyl groups excluding tert-OH is 1. The number of imidazole rings is 1. The van der Waals surface area contributed by atoms with Crippen molar-refractivity contribution in [2.45, 2.75) is 6.10 Å². The van der Waals surface area contributed by atoms with Gasteiger partial charge < -0.3 is 14.5 Å². The third kappa shape index (κ3) is 1.40. The molecule has 3 rings (SSSR count). The fourth-order valence-electron chi connectivity index (χ4n) is 1.73. The number of hydrogen-bond donors (Lipinski definition) is 2. The van der Waals surface area contributed by atoms with Crippen LogP contribution < -0.4 is 0 Å². The summed E-state index contributed by atoms with van der Waals surface area (Å²) < 4.78 is 5.17. The zero-order valence-electron chi connectivity index (χ0n) is 8.42. The molecular formula is C12H10N2O2. The lowest BCUT2D eigenvalue weighted by molar-refractivity contribution is 0.189. The maximum atomic E-state index is 10.0. The number of furan rings is 1. The Labute approximate surface area is 91.6 Å². The molecule has 0 bridgehead atoms. The molecule has 2 heterocycles. The predicted molar refractivity (Wildman–Crippen MR) is 58.9 cm³/mol. The van der Waals surface area contributed by atoms with Crippen LogP contribution in [0.3, 0.4) is 0 Å². The number of aromatic nitrogens is 2. The van der Waals surface area contributed by atoms with Crippen LogP contribution in [-0.2, 0) is 0 Å². The first kappa shape index (κ1) is 9.18. The van der Waals surface area contributed by atoms with Crippen LogP contribution in [0.1, 0.15) is 17.4 Å². The van der Waals surface area contributed by atoms with Gasteiger partial charge in [-0.05, 0) is 29.8 Å². The summed E-state index contributed by atoms with van der Waals surface area (Å²) in [6.07, 6.45) is 2.44. The van der Waals surface area contributed by atoms with Gasteiger partial charge in [-0.15, -0.1) is 0 Å². The first-order valence-electron chi connectivity index (χ1n) is 4.99. The molecule has 2 aromatic heterocycles. The smallest absolute Gasteiger partial charge is 0.137 e. The quantitative estimate of drug-likeness (QED) is 0.687. The standard InChI is InChI=1S/C12H10N2O2/c15-12(11-2-1-5-16-11)8-3-4-9-10(6-8)14-7-13-9/h1-7,12,15H,(H,13,14). The third-order valence-electron chi connectivity index (χ3n) is 2.57. The van der Waals surface area contributed by atoms with E-state index in [2.05, 4.69) is 9.97 Å². The first-order valence-corrected chi connectivity index (χ1v) is 4.99. The number of fused-ring (bicyclic) bond motifs is 1. The van der Waals surface area contributed by atoms with Gasteiger partial charge in [0.2, 0.25) is 0 Å². The molecule has 0 amide bonds. The summed E-state index contributed by atoms with van der Waals surface area (Å²) in [5.74, 6) is 0.537. The summed E-state index contributed by atoms with van der Waals surface area (Å²) in [4.78, 5) is 7.15. The van der Waals surface area contributed by atoms with Crippen molar-refractivity contribution in [2.75, 3.05) is 0 Å². The van der Waals surface area contributed by atoms with Gasteiger partial charge in [0.1, 0.15) is 11.9 Å². The average molecular weight is 214 g/mol. The van der Waals surface area contributed by atoms with Crippen LogP contribution in [0.15, 0.2) is 47.3 Å². The summed E-state index contributed by atoms with van der Waals surface area (Å²) in [5.41, 5.74) is 2.56. The Bertz CT molecular complexity index is 598. The molecule has 0 aliphatic rings. The highest BCUT2D eigenvalue weighted by Gasteiger charge is 2.13. The summed E-state index contributed by atoms with van der Waals surface area (Å²) >= 11 is 0. The molecule has 1 unspecified atom stereocenters. The molecule has 80 valence electrons. The normalized spacial score (nSPS) is 13.1. The zero-order valence-corrected chi connectivity index (χ0v) is 8.42. The van der Waals surface area contributed by atoms with E-state index >= 15 is 0 Å². The molecule has 0 aliphatic carbocycles. The van der Waals surface area contributed by atoms with E-state index in [1.165, 1.54) is 0 Å². The van der Waals surface area contributed by atoms with Crippen molar-refractivity contribution in [3.8, 4) is 0 Å². The van der Waals surface area contributed by atoms with Crippen LogP contribution in [-0.4, -0.2) is 15.1 Å². The second-order valence-corrected chi connectivity index (χ2v) is 3.60. The maximum Gasteiger partial charge on any atom is 0.137 e. The van der Waals surface area contributed by atoms with E-state index in [1.807, 2.05) is 18.2 Å². The number of H-pyrrole nitrogens is 1. The Kier molecular flexibility index (Phi) is 2.01. The molecule has 0 saturated carbocycles. The minimum Gasteiger partial charge on any atom is -0.466 e. The molecule has 16 heavy (non-hydrogen) atoms. The molecule has 0 fully saturated rings. The molecule has 4 nitrogen and oxygen atoms in total. The number of rotatable bonds is 2. The largest absolute Gasteiger partial charge is 0.466 e. The highest BCUT2D eigenvalue weighted by molar-refractivity contribution is 5.75. The highest BCUT2D eigenvalue weighted by atomic mass is 16.4. The number of aliphatic hydroxyl groups is 1. The fraction of sp³-hybridized carbons (Fsp3) is 0.0833. The van der Waals surface area contributed by atoms with Gasteiger partial charge in [-0.1, -0.05) is 6.07 Å². The second-order valence-electron chi connectivity index (χ2n) is 3.60. The third-order valence-corrected chi connectivity index (χ3v) is 2.57. The molecule has 4 heteroatoms. The molecule has 2 N–H and O–H groups in total. The van der Waals surface area contributed by atoms with Crippen LogP contribution in [0.2, 0.25) is 0 Å². The van der Waals surface area contributed by atoms with Crippen molar-refractivity contribution in [2.24, 2.45) is 0 Å². The Morgan fingerprint density at radius 3 is 3.06 bits per heavy atom. The van der Waals surface area contributed by atoms with E-state index in [0.29, 0.717) is 5.76 Å². The molecule has 1 aromatic carbocycles. The van der Waals surface area contributed by atoms with Gasteiger partial charge >= 0.3 is 0 Å². The monoisotopic (exact) mass is 214 g/mol. The lowest BCUT2D eigenvalue weighted by atomic mass is 10.1. The number of nitrogens with zero attached hydrogens (tertiary/aromatic N) is 1. The van der Waals surface area contributed by atoms with E-state index in [1.54, 1.807) is 24.7 Å². The van der Waals surface area contributed by atoms with Crippen molar-refractivity contribution in [3.05, 3.63) is 54.2 Å². The van der Waals surface area contributed by atoms with Crippen molar-refractivity contribution in [3.63, 3.8) is 0 Å². The van der Waals surface area contributed by atoms with Crippen molar-refractivity contribution < 1.29 is 9.52 Å². The lowest BCUT2D eigenvalue weighted by Crippen LogP contribution is -1.97. The molecule has 0 spiro atoms. The Balaban J connectivity index is 2.05. The van der Waals surface area contributed by atoms with Gasteiger partial charge in [-0.3, -0.25) is 0 Å². The Morgan fingerprint density at radius 2 is 2.25 bits per heavy atom. The van der Waals surface area contributed by atoms with E-state index < -0.39 is 6.10 Å². The minimum absolute atomic E-state index is 0.537. The molecular weight excluding hydrogens is 204 g/mol. The highest BCUT2D eigenvalue weighted by Crippen LogP contribution is 2.24. The number of aromatic amines is 1. The summed E-state index contributed by atoms with van der Waals surface area (Å²) in [6, 6.07) is 9.10. The van der Waals surface area contributed by atoms with Gasteiger partial charge in [0, 0.05) is 0 Å². The molecule has 0 aliphatic heterocycles. The van der Waals surface area contributed by atoms with Gasteiger partial charge in [0.15, 0.2) is 0 Å². The molecule has 1 atom stereocenters. The van der Waals surface area contributed by atoms with Gasteiger partial charge in [-0.2, -0.15) is 0 Å². The van der Waals surface area contributed by atoms with Gasteiger partial charge in [0.05, 0.1) is 23.6 Å². The Hall–Kier alpha value is -2.07. The minimum atomic E-state index is -0.740. The Morgan fingerprint density at radius 1 is 1.31 bits per heavy atom. The maximum absolute atomic E-state index is 10.0. The second kappa shape index (κ2) is 3.50. The average Bonchev–Trinajstić information content (AvgIpc) is 2.98. The number of benzene rings is 1. The van der Waals surface area contributed by atoms with Crippen molar-refractivity contribution in [1.29, 1.82) is 0 Å². The van der Waals surface area contributed by atoms with Crippen LogP contribution in [0.5, 0.6) is 0 Å². The van der Waals surface area contributed by atoms with E-state index in [0.717, 1.165) is 16.6 Å². The summed E-state index contributed by atoms with van der Waals surface area (Å²) in [6.45, 7) is 0. The first-order chi connectivity index (χ1) is 7.84. The summed E-state index contributed by atoms with van der Waals surface area (Å²) in [7, 11) is 0. The molecule has 0 radical (unpaired) electrons. The lowest BCUT2D eigenvalue weighted by Gasteiger charge is -2.07. The predicted octanol–water partition coefficient (Wildman–Crippen LogP) is 2.24. The van der Waals surface area contributed by atoms with Crippen LogP contribution >= 0.6 is 0 Å². The van der Waals surface area contributed by atoms with Crippen molar-refractivity contribution >= 4 is 11.0 Å². The van der Waals surface area contributed by atoms with Crippen LogP contribution in [0.4, 0.5) is 0 Å². The fourth-order valence-corrected chi connectivity index (χ4v) is 1.73. The van der Waals surface area contributed by atoms with Gasteiger partial charge in [0.25, 0.3) is 0 Å². The zero-order chi connectivity index (χ0) is 11.0. The van der Waals surface area contributed by atoms with E-state index in [4.69, 9.17) is 4.42 Å². The van der Waals surface area contributed by atoms with E-state index in [9.17, 15) is 5.11 Å². The SMILES string of the molecule is OC(c1ccc2[nH]cnc2c1)c1ccco1. The van der Waals surface area contributed by atoms with Crippen LogP contribution in [0, 0.1) is 0 Å². The number of nitrogens with one attached hydrogen (secondary N) is 1. The summed E-state index contributed by atoms with van der Waals surface area (Å²) in [5, 5.41) is 10.0.